The van der Waals surface area contributed by atoms with Crippen molar-refractivity contribution in [3.63, 3.8) is 0 Å². The van der Waals surface area contributed by atoms with Crippen molar-refractivity contribution in [2.24, 2.45) is 0 Å². The fraction of sp³-hybridized carbons (Fsp3) is 0.250. The summed E-state index contributed by atoms with van der Waals surface area (Å²) in [5.41, 5.74) is 1.12. The predicted molar refractivity (Wildman–Crippen MR) is 84.9 cm³/mol. The first kappa shape index (κ1) is 15.9. The summed E-state index contributed by atoms with van der Waals surface area (Å²) in [7, 11) is 0. The third-order valence-electron chi connectivity index (χ3n) is 3.32. The highest BCUT2D eigenvalue weighted by molar-refractivity contribution is 5.88. The number of non-ortho nitro benzene ring substituents is 1. The van der Waals surface area contributed by atoms with Gasteiger partial charge < -0.3 is 9.47 Å². The van der Waals surface area contributed by atoms with E-state index in [-0.39, 0.29) is 16.7 Å². The molecule has 0 bridgehead atoms. The Labute approximate surface area is 137 Å². The lowest BCUT2D eigenvalue weighted by atomic mass is 10.2. The van der Waals surface area contributed by atoms with E-state index in [4.69, 9.17) is 9.47 Å². The fourth-order valence-electron chi connectivity index (χ4n) is 2.18. The molecule has 8 nitrogen and oxygen atoms in total. The average molecular weight is 329 g/mol. The van der Waals surface area contributed by atoms with E-state index in [1.165, 1.54) is 12.1 Å². The molecule has 0 amide bonds. The van der Waals surface area contributed by atoms with E-state index in [2.05, 4.69) is 21.9 Å². The smallest absolute Gasteiger partial charge is 0.301 e. The van der Waals surface area contributed by atoms with Crippen molar-refractivity contribution in [2.75, 3.05) is 6.61 Å². The second-order valence-electron chi connectivity index (χ2n) is 5.10. The minimum atomic E-state index is -0.540. The Morgan fingerprint density at radius 2 is 1.88 bits per heavy atom. The summed E-state index contributed by atoms with van der Waals surface area (Å²) >= 11 is 0. The molecule has 0 atom stereocenters. The molecule has 0 unspecified atom stereocenters. The molecule has 0 aliphatic carbocycles. The number of hydrogen-bond acceptors (Lipinski definition) is 7. The molecule has 0 saturated carbocycles. The lowest BCUT2D eigenvalue weighted by Crippen LogP contribution is -1.94. The van der Waals surface area contributed by atoms with Gasteiger partial charge in [0.25, 0.3) is 0 Å². The van der Waals surface area contributed by atoms with Crippen molar-refractivity contribution >= 4 is 16.7 Å². The lowest BCUT2D eigenvalue weighted by molar-refractivity contribution is -0.383. The van der Waals surface area contributed by atoms with Gasteiger partial charge in [-0.25, -0.2) is 4.63 Å². The molecule has 3 aromatic rings. The summed E-state index contributed by atoms with van der Waals surface area (Å²) in [5, 5.41) is 18.2. The first-order valence-electron chi connectivity index (χ1n) is 7.43. The zero-order valence-electron chi connectivity index (χ0n) is 13.0. The van der Waals surface area contributed by atoms with E-state index in [0.29, 0.717) is 18.1 Å². The van der Waals surface area contributed by atoms with Crippen LogP contribution in [0.15, 0.2) is 41.0 Å². The molecule has 2 aromatic carbocycles. The minimum absolute atomic E-state index is 0.0575. The average Bonchev–Trinajstić information content (AvgIpc) is 3.06. The Balaban J connectivity index is 1.79. The zero-order chi connectivity index (χ0) is 16.9. The van der Waals surface area contributed by atoms with Crippen LogP contribution >= 0.6 is 0 Å². The second kappa shape index (κ2) is 7.05. The maximum atomic E-state index is 11.0. The summed E-state index contributed by atoms with van der Waals surface area (Å²) in [6.07, 6.45) is 0.975. The molecule has 3 rings (SSSR count). The maximum absolute atomic E-state index is 11.0. The van der Waals surface area contributed by atoms with E-state index in [0.717, 1.165) is 18.6 Å². The van der Waals surface area contributed by atoms with Crippen LogP contribution in [-0.2, 0) is 11.3 Å². The number of hydrogen-bond donors (Lipinski definition) is 0. The van der Waals surface area contributed by atoms with E-state index < -0.39 is 4.92 Å². The molecular weight excluding hydrogens is 314 g/mol. The van der Waals surface area contributed by atoms with Crippen LogP contribution in [0.4, 0.5) is 5.69 Å². The number of fused-ring (bicyclic) bond motifs is 1. The Kier molecular flexibility index (Phi) is 4.66. The van der Waals surface area contributed by atoms with Crippen LogP contribution in [0.5, 0.6) is 11.5 Å². The highest BCUT2D eigenvalue weighted by Crippen LogP contribution is 2.33. The number of ether oxygens (including phenoxy) is 2. The first-order valence-corrected chi connectivity index (χ1v) is 7.43. The molecule has 0 N–H and O–H groups in total. The number of nitro benzene ring substituents is 1. The molecule has 1 aromatic heterocycles. The van der Waals surface area contributed by atoms with Gasteiger partial charge in [-0.3, -0.25) is 10.1 Å². The van der Waals surface area contributed by atoms with Crippen LogP contribution in [-0.4, -0.2) is 21.8 Å². The third kappa shape index (κ3) is 3.33. The molecular formula is C16H15N3O5. The van der Waals surface area contributed by atoms with Crippen LogP contribution in [0.2, 0.25) is 0 Å². The second-order valence-corrected chi connectivity index (χ2v) is 5.10. The molecule has 0 spiro atoms. The number of rotatable bonds is 7. The molecule has 8 heteroatoms. The zero-order valence-corrected chi connectivity index (χ0v) is 13.0. The lowest BCUT2D eigenvalue weighted by Gasteiger charge is -2.07. The highest BCUT2D eigenvalue weighted by atomic mass is 16.6. The van der Waals surface area contributed by atoms with E-state index in [1.807, 2.05) is 12.1 Å². The first-order chi connectivity index (χ1) is 11.7. The van der Waals surface area contributed by atoms with Crippen molar-refractivity contribution in [1.82, 2.24) is 10.3 Å². The summed E-state index contributed by atoms with van der Waals surface area (Å²) in [6, 6.07) is 10.2. The van der Waals surface area contributed by atoms with Gasteiger partial charge in [0.05, 0.1) is 11.5 Å². The largest absolute Gasteiger partial charge is 0.455 e. The van der Waals surface area contributed by atoms with Gasteiger partial charge in [0, 0.05) is 12.7 Å². The van der Waals surface area contributed by atoms with Crippen LogP contribution in [0.1, 0.15) is 18.9 Å². The fourth-order valence-corrected chi connectivity index (χ4v) is 2.18. The van der Waals surface area contributed by atoms with Crippen molar-refractivity contribution < 1.29 is 19.0 Å². The van der Waals surface area contributed by atoms with Gasteiger partial charge in [0.1, 0.15) is 5.75 Å². The molecule has 0 aliphatic heterocycles. The van der Waals surface area contributed by atoms with Gasteiger partial charge in [-0.15, -0.1) is 0 Å². The van der Waals surface area contributed by atoms with E-state index >= 15 is 0 Å². The van der Waals surface area contributed by atoms with Crippen molar-refractivity contribution in [1.29, 1.82) is 0 Å². The number of aromatic nitrogens is 2. The molecule has 0 radical (unpaired) electrons. The standard InChI is InChI=1S/C16H15N3O5/c1-2-9-22-10-11-3-5-12(6-4-11)23-14-8-7-13(19(20)21)15-16(14)18-24-17-15/h3-8H,2,9-10H2,1H3. The molecule has 124 valence electrons. The number of nitro groups is 1. The Hall–Kier alpha value is -3.00. The topological polar surface area (TPSA) is 101 Å². The third-order valence-corrected chi connectivity index (χ3v) is 3.32. The number of nitrogens with zero attached hydrogens (tertiary/aromatic N) is 3. The van der Waals surface area contributed by atoms with Crippen LogP contribution in [0.3, 0.4) is 0 Å². The maximum Gasteiger partial charge on any atom is 0.301 e. The van der Waals surface area contributed by atoms with Gasteiger partial charge in [0.15, 0.2) is 11.3 Å². The SMILES string of the molecule is CCCOCc1ccc(Oc2ccc([N+](=O)[O-])c3nonc23)cc1. The van der Waals surface area contributed by atoms with Crippen molar-refractivity contribution in [2.45, 2.75) is 20.0 Å². The normalized spacial score (nSPS) is 10.9. The highest BCUT2D eigenvalue weighted by Gasteiger charge is 2.20. The Bertz CT molecular complexity index is 845. The predicted octanol–water partition coefficient (Wildman–Crippen LogP) is 3.85. The molecule has 0 aliphatic rings. The van der Waals surface area contributed by atoms with Crippen molar-refractivity contribution in [3.05, 3.63) is 52.1 Å². The minimum Gasteiger partial charge on any atom is -0.455 e. The summed E-state index contributed by atoms with van der Waals surface area (Å²) in [4.78, 5) is 10.4. The van der Waals surface area contributed by atoms with E-state index in [9.17, 15) is 10.1 Å². The Morgan fingerprint density at radius 3 is 2.58 bits per heavy atom. The Morgan fingerprint density at radius 1 is 1.12 bits per heavy atom. The van der Waals surface area contributed by atoms with E-state index in [1.54, 1.807) is 12.1 Å². The van der Waals surface area contributed by atoms with Crippen LogP contribution in [0, 0.1) is 10.1 Å². The van der Waals surface area contributed by atoms with Gasteiger partial charge in [0.2, 0.25) is 5.52 Å². The van der Waals surface area contributed by atoms with Gasteiger partial charge in [-0.05, 0) is 40.5 Å². The molecule has 0 saturated heterocycles. The summed E-state index contributed by atoms with van der Waals surface area (Å²) < 4.78 is 15.8. The monoisotopic (exact) mass is 329 g/mol. The quantitative estimate of drug-likeness (QED) is 0.368. The molecule has 1 heterocycles. The molecule has 0 fully saturated rings. The summed E-state index contributed by atoms with van der Waals surface area (Å²) in [6.45, 7) is 3.32. The van der Waals surface area contributed by atoms with Crippen molar-refractivity contribution in [3.8, 4) is 11.5 Å². The summed E-state index contributed by atoms with van der Waals surface area (Å²) in [5.74, 6) is 0.916. The van der Waals surface area contributed by atoms with Crippen LogP contribution < -0.4 is 4.74 Å². The van der Waals surface area contributed by atoms with Gasteiger partial charge >= 0.3 is 5.69 Å². The van der Waals surface area contributed by atoms with Gasteiger partial charge in [-0.2, -0.15) is 0 Å². The molecule has 24 heavy (non-hydrogen) atoms. The van der Waals surface area contributed by atoms with Crippen LogP contribution in [0.25, 0.3) is 11.0 Å². The van der Waals surface area contributed by atoms with Gasteiger partial charge in [-0.1, -0.05) is 19.1 Å². The number of benzene rings is 2.